The topological polar surface area (TPSA) is 49.8 Å². The molecule has 126 valence electrons. The fourth-order valence-electron chi connectivity index (χ4n) is 3.33. The molecule has 0 unspecified atom stereocenters. The van der Waals surface area contributed by atoms with Gasteiger partial charge in [0.05, 0.1) is 0 Å². The Bertz CT molecular complexity index is 668. The van der Waals surface area contributed by atoms with Crippen LogP contribution in [0.3, 0.4) is 0 Å². The minimum absolute atomic E-state index is 0.0765. The molecule has 0 saturated carbocycles. The SMILES string of the molecule is CCN(CCCO)C(=O)OCC1c2ccccc2-c2ccccc21. The van der Waals surface area contributed by atoms with Crippen LogP contribution in [0, 0.1) is 0 Å². The van der Waals surface area contributed by atoms with Crippen LogP contribution in [0.25, 0.3) is 11.1 Å². The lowest BCUT2D eigenvalue weighted by atomic mass is 9.98. The lowest BCUT2D eigenvalue weighted by Gasteiger charge is -2.21. The van der Waals surface area contributed by atoms with Gasteiger partial charge in [0.25, 0.3) is 0 Å². The standard InChI is InChI=1S/C20H23NO3/c1-2-21(12-7-13-22)20(23)24-14-19-17-10-5-3-8-15(17)16-9-4-6-11-18(16)19/h3-6,8-11,19,22H,2,7,12-14H2,1H3. The first-order valence-electron chi connectivity index (χ1n) is 8.47. The number of carbonyl (C=O) groups is 1. The number of ether oxygens (including phenoxy) is 1. The lowest BCUT2D eigenvalue weighted by Crippen LogP contribution is -2.33. The van der Waals surface area contributed by atoms with Crippen molar-refractivity contribution >= 4 is 6.09 Å². The van der Waals surface area contributed by atoms with E-state index in [1.165, 1.54) is 22.3 Å². The van der Waals surface area contributed by atoms with Gasteiger partial charge in [-0.1, -0.05) is 48.5 Å². The maximum atomic E-state index is 12.3. The average Bonchev–Trinajstić information content (AvgIpc) is 2.94. The summed E-state index contributed by atoms with van der Waals surface area (Å²) in [7, 11) is 0. The van der Waals surface area contributed by atoms with Crippen LogP contribution in [0.15, 0.2) is 48.5 Å². The van der Waals surface area contributed by atoms with Crippen LogP contribution < -0.4 is 0 Å². The number of amides is 1. The van der Waals surface area contributed by atoms with Crippen LogP contribution in [-0.4, -0.2) is 42.4 Å². The molecule has 0 atom stereocenters. The number of fused-ring (bicyclic) bond motifs is 3. The highest BCUT2D eigenvalue weighted by Gasteiger charge is 2.29. The molecular formula is C20H23NO3. The summed E-state index contributed by atoms with van der Waals surface area (Å²) in [6.07, 6.45) is 0.255. The van der Waals surface area contributed by atoms with Gasteiger partial charge < -0.3 is 14.7 Å². The van der Waals surface area contributed by atoms with E-state index in [1.807, 2.05) is 31.2 Å². The number of rotatable bonds is 6. The second-order valence-corrected chi connectivity index (χ2v) is 5.96. The zero-order chi connectivity index (χ0) is 16.9. The molecule has 0 saturated heterocycles. The molecule has 1 aliphatic rings. The van der Waals surface area contributed by atoms with E-state index in [9.17, 15) is 4.79 Å². The third-order valence-corrected chi connectivity index (χ3v) is 4.56. The Labute approximate surface area is 142 Å². The van der Waals surface area contributed by atoms with Crippen LogP contribution >= 0.6 is 0 Å². The normalized spacial score (nSPS) is 12.6. The smallest absolute Gasteiger partial charge is 0.409 e. The van der Waals surface area contributed by atoms with Crippen LogP contribution in [0.2, 0.25) is 0 Å². The predicted octanol–water partition coefficient (Wildman–Crippen LogP) is 3.64. The molecule has 2 aromatic rings. The van der Waals surface area contributed by atoms with Crippen molar-refractivity contribution in [3.63, 3.8) is 0 Å². The number of aliphatic hydroxyl groups is 1. The molecule has 2 aromatic carbocycles. The molecule has 24 heavy (non-hydrogen) atoms. The van der Waals surface area contributed by atoms with Gasteiger partial charge in [-0.15, -0.1) is 0 Å². The highest BCUT2D eigenvalue weighted by Crippen LogP contribution is 2.44. The van der Waals surface area contributed by atoms with E-state index in [0.29, 0.717) is 26.1 Å². The van der Waals surface area contributed by atoms with E-state index in [2.05, 4.69) is 24.3 Å². The predicted molar refractivity (Wildman–Crippen MR) is 94.0 cm³/mol. The van der Waals surface area contributed by atoms with Gasteiger partial charge in [0.1, 0.15) is 6.61 Å². The highest BCUT2D eigenvalue weighted by molar-refractivity contribution is 5.79. The molecule has 0 fully saturated rings. The van der Waals surface area contributed by atoms with Crippen LogP contribution in [-0.2, 0) is 4.74 Å². The van der Waals surface area contributed by atoms with E-state index < -0.39 is 0 Å². The Morgan fingerprint density at radius 3 is 2.21 bits per heavy atom. The Morgan fingerprint density at radius 2 is 1.67 bits per heavy atom. The van der Waals surface area contributed by atoms with Crippen molar-refractivity contribution in [2.24, 2.45) is 0 Å². The van der Waals surface area contributed by atoms with Crippen LogP contribution in [0.1, 0.15) is 30.4 Å². The number of hydrogen-bond acceptors (Lipinski definition) is 3. The number of hydrogen-bond donors (Lipinski definition) is 1. The molecule has 1 amide bonds. The second kappa shape index (κ2) is 7.49. The number of benzene rings is 2. The van der Waals surface area contributed by atoms with E-state index >= 15 is 0 Å². The molecule has 4 nitrogen and oxygen atoms in total. The fraction of sp³-hybridized carbons (Fsp3) is 0.350. The van der Waals surface area contributed by atoms with Crippen LogP contribution in [0.5, 0.6) is 0 Å². The van der Waals surface area contributed by atoms with Crippen molar-refractivity contribution in [2.75, 3.05) is 26.3 Å². The third-order valence-electron chi connectivity index (χ3n) is 4.56. The van der Waals surface area contributed by atoms with Crippen molar-refractivity contribution < 1.29 is 14.6 Å². The summed E-state index contributed by atoms with van der Waals surface area (Å²) in [4.78, 5) is 13.9. The lowest BCUT2D eigenvalue weighted by molar-refractivity contribution is 0.0990. The Morgan fingerprint density at radius 1 is 1.08 bits per heavy atom. The minimum Gasteiger partial charge on any atom is -0.448 e. The second-order valence-electron chi connectivity index (χ2n) is 5.96. The van der Waals surface area contributed by atoms with Crippen molar-refractivity contribution in [3.8, 4) is 11.1 Å². The molecule has 1 N–H and O–H groups in total. The van der Waals surface area contributed by atoms with Crippen molar-refractivity contribution in [3.05, 3.63) is 59.7 Å². The van der Waals surface area contributed by atoms with Gasteiger partial charge in [-0.25, -0.2) is 4.79 Å². The number of carbonyl (C=O) groups excluding carboxylic acids is 1. The first-order valence-corrected chi connectivity index (χ1v) is 8.47. The van der Waals surface area contributed by atoms with E-state index in [1.54, 1.807) is 4.90 Å². The van der Waals surface area contributed by atoms with Crippen molar-refractivity contribution in [2.45, 2.75) is 19.3 Å². The summed E-state index contributed by atoms with van der Waals surface area (Å²) < 4.78 is 5.60. The van der Waals surface area contributed by atoms with Gasteiger partial charge in [-0.05, 0) is 35.6 Å². The third kappa shape index (κ3) is 3.15. The monoisotopic (exact) mass is 325 g/mol. The molecule has 0 spiro atoms. The molecule has 3 rings (SSSR count). The molecule has 0 radical (unpaired) electrons. The minimum atomic E-state index is -0.312. The highest BCUT2D eigenvalue weighted by atomic mass is 16.6. The Kier molecular flexibility index (Phi) is 5.16. The number of aliphatic hydroxyl groups excluding tert-OH is 1. The summed E-state index contributed by atoms with van der Waals surface area (Å²) in [5.74, 6) is 0.0814. The zero-order valence-electron chi connectivity index (χ0n) is 13.9. The first kappa shape index (κ1) is 16.5. The molecule has 0 aromatic heterocycles. The van der Waals surface area contributed by atoms with E-state index in [-0.39, 0.29) is 18.6 Å². The summed E-state index contributed by atoms with van der Waals surface area (Å²) in [6, 6.07) is 16.6. The maximum absolute atomic E-state index is 12.3. The number of nitrogens with zero attached hydrogens (tertiary/aromatic N) is 1. The molecule has 1 aliphatic carbocycles. The zero-order valence-corrected chi connectivity index (χ0v) is 13.9. The van der Waals surface area contributed by atoms with Gasteiger partial charge in [0.2, 0.25) is 0 Å². The van der Waals surface area contributed by atoms with Gasteiger partial charge in [-0.3, -0.25) is 0 Å². The Hall–Kier alpha value is -2.33. The van der Waals surface area contributed by atoms with Gasteiger partial charge in [-0.2, -0.15) is 0 Å². The largest absolute Gasteiger partial charge is 0.448 e. The van der Waals surface area contributed by atoms with Gasteiger partial charge in [0, 0.05) is 25.6 Å². The Balaban J connectivity index is 1.75. The molecule has 4 heteroatoms. The van der Waals surface area contributed by atoms with Crippen molar-refractivity contribution in [1.82, 2.24) is 4.90 Å². The van der Waals surface area contributed by atoms with Gasteiger partial charge in [0.15, 0.2) is 0 Å². The quantitative estimate of drug-likeness (QED) is 0.882. The summed E-state index contributed by atoms with van der Waals surface area (Å²) in [6.45, 7) is 3.43. The molecular weight excluding hydrogens is 302 g/mol. The summed E-state index contributed by atoms with van der Waals surface area (Å²) in [5, 5.41) is 8.93. The van der Waals surface area contributed by atoms with E-state index in [0.717, 1.165) is 0 Å². The maximum Gasteiger partial charge on any atom is 0.409 e. The average molecular weight is 325 g/mol. The summed E-state index contributed by atoms with van der Waals surface area (Å²) >= 11 is 0. The van der Waals surface area contributed by atoms with Gasteiger partial charge >= 0.3 is 6.09 Å². The molecule has 0 heterocycles. The van der Waals surface area contributed by atoms with Crippen molar-refractivity contribution in [1.29, 1.82) is 0 Å². The summed E-state index contributed by atoms with van der Waals surface area (Å²) in [5.41, 5.74) is 4.87. The molecule has 0 aliphatic heterocycles. The molecule has 0 bridgehead atoms. The van der Waals surface area contributed by atoms with Crippen LogP contribution in [0.4, 0.5) is 4.79 Å². The van der Waals surface area contributed by atoms with E-state index in [4.69, 9.17) is 9.84 Å². The first-order chi connectivity index (χ1) is 11.8. The fourth-order valence-corrected chi connectivity index (χ4v) is 3.33.